The number of hydrogen-bond donors (Lipinski definition) is 0. The Hall–Kier alpha value is -1.82. The Morgan fingerprint density at radius 3 is 2.25 bits per heavy atom. The van der Waals surface area contributed by atoms with Gasteiger partial charge in [0.15, 0.2) is 11.0 Å². The molecule has 0 fully saturated rings. The van der Waals surface area contributed by atoms with Gasteiger partial charge in [0.25, 0.3) is 0 Å². The molecule has 1 aromatic heterocycles. The second-order valence-corrected chi connectivity index (χ2v) is 7.45. The zero-order valence-corrected chi connectivity index (χ0v) is 16.1. The van der Waals surface area contributed by atoms with Gasteiger partial charge in [-0.1, -0.05) is 41.6 Å². The first kappa shape index (κ1) is 18.5. The third-order valence-corrected chi connectivity index (χ3v) is 4.88. The molecule has 24 heavy (non-hydrogen) atoms. The highest BCUT2D eigenvalue weighted by Gasteiger charge is 2.21. The first-order valence-corrected chi connectivity index (χ1v) is 9.20. The van der Waals surface area contributed by atoms with Crippen LogP contribution in [-0.4, -0.2) is 43.4 Å². The van der Waals surface area contributed by atoms with Gasteiger partial charge in [-0.25, -0.2) is 0 Å². The van der Waals surface area contributed by atoms with E-state index in [9.17, 15) is 4.79 Å². The molecule has 0 aliphatic heterocycles. The predicted octanol–water partition coefficient (Wildman–Crippen LogP) is 3.53. The predicted molar refractivity (Wildman–Crippen MR) is 99.0 cm³/mol. The summed E-state index contributed by atoms with van der Waals surface area (Å²) in [5, 5.41) is 9.27. The fraction of sp³-hybridized carbons (Fsp3) is 0.500. The topological polar surface area (TPSA) is 51.0 Å². The highest BCUT2D eigenvalue weighted by molar-refractivity contribution is 7.99. The van der Waals surface area contributed by atoms with E-state index in [4.69, 9.17) is 0 Å². The molecule has 1 heterocycles. The molecule has 2 aromatic rings. The molecule has 0 spiro atoms. The Morgan fingerprint density at radius 2 is 1.71 bits per heavy atom. The van der Waals surface area contributed by atoms with Gasteiger partial charge in [-0.3, -0.25) is 4.79 Å². The summed E-state index contributed by atoms with van der Waals surface area (Å²) in [4.78, 5) is 14.4. The molecule has 0 saturated carbocycles. The molecule has 2 rings (SSSR count). The van der Waals surface area contributed by atoms with Gasteiger partial charge < -0.3 is 9.47 Å². The van der Waals surface area contributed by atoms with Crippen LogP contribution in [0, 0.1) is 6.92 Å². The van der Waals surface area contributed by atoms with Gasteiger partial charge in [-0.15, -0.1) is 10.2 Å². The Labute approximate surface area is 148 Å². The van der Waals surface area contributed by atoms with Crippen LogP contribution in [0.4, 0.5) is 0 Å². The molecule has 1 amide bonds. The number of amides is 1. The van der Waals surface area contributed by atoms with Crippen LogP contribution in [0.15, 0.2) is 29.4 Å². The van der Waals surface area contributed by atoms with Gasteiger partial charge in [0.05, 0.1) is 5.75 Å². The normalized spacial score (nSPS) is 11.3. The van der Waals surface area contributed by atoms with E-state index in [-0.39, 0.29) is 18.0 Å². The molecule has 0 aliphatic rings. The largest absolute Gasteiger partial charge is 0.337 e. The molecule has 5 nitrogen and oxygen atoms in total. The number of hydrogen-bond acceptors (Lipinski definition) is 4. The van der Waals surface area contributed by atoms with E-state index in [0.29, 0.717) is 5.75 Å². The van der Waals surface area contributed by atoms with Crippen molar-refractivity contribution in [2.24, 2.45) is 7.05 Å². The summed E-state index contributed by atoms with van der Waals surface area (Å²) >= 11 is 1.44. The molecule has 1 aromatic carbocycles. The van der Waals surface area contributed by atoms with Crippen LogP contribution >= 0.6 is 11.8 Å². The number of carbonyl (C=O) groups excluding carboxylic acids is 1. The number of carbonyl (C=O) groups is 1. The smallest absolute Gasteiger partial charge is 0.233 e. The van der Waals surface area contributed by atoms with Crippen LogP contribution in [0.1, 0.15) is 33.3 Å². The van der Waals surface area contributed by atoms with Crippen LogP contribution in [0.3, 0.4) is 0 Å². The van der Waals surface area contributed by atoms with Crippen LogP contribution in [0.5, 0.6) is 0 Å². The van der Waals surface area contributed by atoms with Gasteiger partial charge in [-0.2, -0.15) is 0 Å². The lowest BCUT2D eigenvalue weighted by Gasteiger charge is -2.30. The average Bonchev–Trinajstić information content (AvgIpc) is 2.86. The third kappa shape index (κ3) is 4.17. The van der Waals surface area contributed by atoms with Gasteiger partial charge in [0.1, 0.15) is 0 Å². The Kier molecular flexibility index (Phi) is 6.04. The molecular formula is C18H26N4OS. The van der Waals surface area contributed by atoms with Gasteiger partial charge in [0.2, 0.25) is 5.91 Å². The zero-order valence-electron chi connectivity index (χ0n) is 15.3. The van der Waals surface area contributed by atoms with Crippen LogP contribution in [0.2, 0.25) is 0 Å². The zero-order chi connectivity index (χ0) is 17.9. The van der Waals surface area contributed by atoms with Crippen molar-refractivity contribution in [3.63, 3.8) is 0 Å². The minimum Gasteiger partial charge on any atom is -0.337 e. The molecule has 0 bridgehead atoms. The van der Waals surface area contributed by atoms with E-state index in [1.165, 1.54) is 17.3 Å². The number of rotatable bonds is 6. The van der Waals surface area contributed by atoms with E-state index in [2.05, 4.69) is 29.3 Å². The van der Waals surface area contributed by atoms with Crippen molar-refractivity contribution in [3.05, 3.63) is 29.8 Å². The summed E-state index contributed by atoms with van der Waals surface area (Å²) in [5.41, 5.74) is 2.24. The maximum atomic E-state index is 12.5. The molecular weight excluding hydrogens is 320 g/mol. The van der Waals surface area contributed by atoms with Crippen molar-refractivity contribution in [3.8, 4) is 11.4 Å². The van der Waals surface area contributed by atoms with Crippen molar-refractivity contribution in [2.45, 2.75) is 51.9 Å². The molecule has 0 saturated heterocycles. The number of nitrogens with zero attached hydrogens (tertiary/aromatic N) is 4. The third-order valence-electron chi connectivity index (χ3n) is 3.87. The number of aromatic nitrogens is 3. The summed E-state index contributed by atoms with van der Waals surface area (Å²) in [5.74, 6) is 1.32. The van der Waals surface area contributed by atoms with Crippen molar-refractivity contribution < 1.29 is 4.79 Å². The van der Waals surface area contributed by atoms with Gasteiger partial charge in [0, 0.05) is 24.7 Å². The highest BCUT2D eigenvalue weighted by Crippen LogP contribution is 2.23. The Bertz CT molecular complexity index is 684. The summed E-state index contributed by atoms with van der Waals surface area (Å²) in [6, 6.07) is 8.59. The quantitative estimate of drug-likeness (QED) is 0.751. The van der Waals surface area contributed by atoms with Crippen molar-refractivity contribution in [1.29, 1.82) is 0 Å². The molecule has 130 valence electrons. The number of benzene rings is 1. The van der Waals surface area contributed by atoms with Crippen molar-refractivity contribution >= 4 is 17.7 Å². The Morgan fingerprint density at radius 1 is 1.12 bits per heavy atom. The SMILES string of the molecule is Cc1ccc(-c2nnc(SCC(=O)N(C(C)C)C(C)C)n2C)cc1. The first-order chi connectivity index (χ1) is 11.3. The summed E-state index contributed by atoms with van der Waals surface area (Å²) in [7, 11) is 1.94. The molecule has 0 N–H and O–H groups in total. The maximum absolute atomic E-state index is 12.5. The number of thioether (sulfide) groups is 1. The minimum absolute atomic E-state index is 0.130. The highest BCUT2D eigenvalue weighted by atomic mass is 32.2. The van der Waals surface area contributed by atoms with Crippen LogP contribution in [0.25, 0.3) is 11.4 Å². The van der Waals surface area contributed by atoms with Gasteiger partial charge >= 0.3 is 0 Å². The molecule has 6 heteroatoms. The van der Waals surface area contributed by atoms with Crippen molar-refractivity contribution in [1.82, 2.24) is 19.7 Å². The monoisotopic (exact) mass is 346 g/mol. The summed E-state index contributed by atoms with van der Waals surface area (Å²) < 4.78 is 1.94. The van der Waals surface area contributed by atoms with Gasteiger partial charge in [-0.05, 0) is 34.6 Å². The molecule has 0 unspecified atom stereocenters. The second-order valence-electron chi connectivity index (χ2n) is 6.51. The van der Waals surface area contributed by atoms with E-state index in [1.54, 1.807) is 0 Å². The average molecular weight is 347 g/mol. The fourth-order valence-corrected chi connectivity index (χ4v) is 3.55. The van der Waals surface area contributed by atoms with Crippen LogP contribution in [-0.2, 0) is 11.8 Å². The first-order valence-electron chi connectivity index (χ1n) is 8.21. The van der Waals surface area contributed by atoms with Crippen LogP contribution < -0.4 is 0 Å². The Balaban J connectivity index is 2.09. The second kappa shape index (κ2) is 7.83. The van der Waals surface area contributed by atoms with E-state index in [0.717, 1.165) is 16.5 Å². The number of aryl methyl sites for hydroxylation is 1. The summed E-state index contributed by atoms with van der Waals surface area (Å²) in [6.07, 6.45) is 0. The lowest BCUT2D eigenvalue weighted by Crippen LogP contribution is -2.43. The fourth-order valence-electron chi connectivity index (χ4n) is 2.77. The van der Waals surface area contributed by atoms with E-state index >= 15 is 0 Å². The van der Waals surface area contributed by atoms with E-state index in [1.807, 2.05) is 56.3 Å². The lowest BCUT2D eigenvalue weighted by molar-refractivity contribution is -0.131. The molecule has 0 radical (unpaired) electrons. The minimum atomic E-state index is 0.130. The summed E-state index contributed by atoms with van der Waals surface area (Å²) in [6.45, 7) is 10.2. The van der Waals surface area contributed by atoms with Crippen molar-refractivity contribution in [2.75, 3.05) is 5.75 Å². The standard InChI is InChI=1S/C18H26N4OS/c1-12(2)22(13(3)4)16(23)11-24-18-20-19-17(21(18)6)15-9-7-14(5)8-10-15/h7-10,12-13H,11H2,1-6H3. The maximum Gasteiger partial charge on any atom is 0.233 e. The lowest BCUT2D eigenvalue weighted by atomic mass is 10.1. The van der Waals surface area contributed by atoms with E-state index < -0.39 is 0 Å². The molecule has 0 atom stereocenters. The molecule has 0 aliphatic carbocycles.